The molecule has 0 aliphatic carbocycles. The topological polar surface area (TPSA) is 34.0 Å². The van der Waals surface area contributed by atoms with Crippen molar-refractivity contribution in [2.75, 3.05) is 0 Å². The summed E-state index contributed by atoms with van der Waals surface area (Å²) in [5, 5.41) is 7.68. The first-order chi connectivity index (χ1) is 13.9. The predicted molar refractivity (Wildman–Crippen MR) is 107 cm³/mol. The number of ether oxygens (including phenoxy) is 1. The van der Waals surface area contributed by atoms with Crippen LogP contribution < -0.4 is 4.74 Å². The van der Waals surface area contributed by atoms with Gasteiger partial charge in [-0.2, -0.15) is 10.2 Å². The number of halogens is 4. The van der Waals surface area contributed by atoms with E-state index in [1.54, 1.807) is 6.21 Å². The van der Waals surface area contributed by atoms with E-state index >= 15 is 0 Å². The second-order valence-corrected chi connectivity index (χ2v) is 6.63. The molecular formula is C22H24F4N2O. The zero-order valence-corrected chi connectivity index (χ0v) is 16.3. The molecule has 0 saturated heterocycles. The van der Waals surface area contributed by atoms with E-state index in [2.05, 4.69) is 34.0 Å². The number of hydrogen-bond donors (Lipinski definition) is 0. The maximum atomic E-state index is 13.6. The number of unbranched alkanes of at least 4 members (excludes halogenated alkanes) is 4. The monoisotopic (exact) mass is 408 g/mol. The van der Waals surface area contributed by atoms with Gasteiger partial charge in [0, 0.05) is 0 Å². The number of hydrogen-bond acceptors (Lipinski definition) is 3. The molecule has 0 aliphatic heterocycles. The molecule has 0 N–H and O–H groups in total. The van der Waals surface area contributed by atoms with E-state index in [0.29, 0.717) is 0 Å². The van der Waals surface area contributed by atoms with E-state index in [-0.39, 0.29) is 5.56 Å². The van der Waals surface area contributed by atoms with Gasteiger partial charge in [-0.25, -0.2) is 4.39 Å². The summed E-state index contributed by atoms with van der Waals surface area (Å²) >= 11 is 0. The molecule has 0 aliphatic rings. The molecule has 29 heavy (non-hydrogen) atoms. The zero-order chi connectivity index (χ0) is 21.1. The van der Waals surface area contributed by atoms with Crippen molar-refractivity contribution in [3.63, 3.8) is 0 Å². The number of benzene rings is 2. The first-order valence-electron chi connectivity index (χ1n) is 9.58. The van der Waals surface area contributed by atoms with Gasteiger partial charge in [-0.05, 0) is 47.7 Å². The number of aryl methyl sites for hydroxylation is 1. The van der Waals surface area contributed by atoms with E-state index in [1.807, 2.05) is 12.1 Å². The van der Waals surface area contributed by atoms with Gasteiger partial charge in [0.05, 0.1) is 12.4 Å². The lowest BCUT2D eigenvalue weighted by atomic mass is 10.0. The third-order valence-electron chi connectivity index (χ3n) is 4.21. The molecule has 3 nitrogen and oxygen atoms in total. The summed E-state index contributed by atoms with van der Waals surface area (Å²) in [5.41, 5.74) is 2.42. The lowest BCUT2D eigenvalue weighted by Gasteiger charge is -2.09. The van der Waals surface area contributed by atoms with E-state index in [9.17, 15) is 17.6 Å². The zero-order valence-electron chi connectivity index (χ0n) is 16.3. The van der Waals surface area contributed by atoms with Gasteiger partial charge in [0.1, 0.15) is 0 Å². The van der Waals surface area contributed by atoms with Crippen molar-refractivity contribution in [2.45, 2.75) is 51.8 Å². The summed E-state index contributed by atoms with van der Waals surface area (Å²) < 4.78 is 53.6. The van der Waals surface area contributed by atoms with Crippen molar-refractivity contribution < 1.29 is 22.3 Å². The van der Waals surface area contributed by atoms with Crippen molar-refractivity contribution in [3.05, 3.63) is 65.0 Å². The fraction of sp³-hybridized carbons (Fsp3) is 0.364. The van der Waals surface area contributed by atoms with Crippen molar-refractivity contribution in [2.24, 2.45) is 10.2 Å². The molecule has 7 heteroatoms. The molecule has 0 spiro atoms. The number of alkyl halides is 3. The van der Waals surface area contributed by atoms with E-state index in [4.69, 9.17) is 0 Å². The summed E-state index contributed by atoms with van der Waals surface area (Å²) in [5.74, 6) is -2.01. The van der Waals surface area contributed by atoms with Crippen molar-refractivity contribution in [3.8, 4) is 5.75 Å². The number of nitrogens with zero attached hydrogens (tertiary/aromatic N) is 2. The van der Waals surface area contributed by atoms with Crippen molar-refractivity contribution in [1.29, 1.82) is 0 Å². The molecular weight excluding hydrogens is 384 g/mol. The first-order valence-corrected chi connectivity index (χ1v) is 9.58. The smallest absolute Gasteiger partial charge is 0.403 e. The Morgan fingerprint density at radius 2 is 1.48 bits per heavy atom. The fourth-order valence-electron chi connectivity index (χ4n) is 2.71. The Morgan fingerprint density at radius 3 is 2.10 bits per heavy atom. The quantitative estimate of drug-likeness (QED) is 0.187. The second-order valence-electron chi connectivity index (χ2n) is 6.63. The molecule has 0 radical (unpaired) electrons. The average molecular weight is 408 g/mol. The normalized spacial score (nSPS) is 12.2. The predicted octanol–water partition coefficient (Wildman–Crippen LogP) is 6.69. The highest BCUT2D eigenvalue weighted by atomic mass is 19.4. The van der Waals surface area contributed by atoms with Crippen LogP contribution in [0.3, 0.4) is 0 Å². The van der Waals surface area contributed by atoms with Crippen LogP contribution in [0.5, 0.6) is 5.75 Å². The maximum absolute atomic E-state index is 13.6. The molecule has 0 amide bonds. The van der Waals surface area contributed by atoms with Gasteiger partial charge >= 0.3 is 6.36 Å². The molecule has 0 heterocycles. The molecule has 0 fully saturated rings. The standard InChI is InChI=1S/C22H24F4N2O/c1-2-3-4-5-6-7-17-8-10-18(11-9-17)15-27-28-16-19-12-13-21(20(23)14-19)29-22(24,25)26/h8-16H,2-7H2,1H3/b27-15+,28-16-. The maximum Gasteiger partial charge on any atom is 0.573 e. The number of rotatable bonds is 10. The Morgan fingerprint density at radius 1 is 0.862 bits per heavy atom. The SMILES string of the molecule is CCCCCCCc1ccc(/C=N/N=C\c2ccc(OC(F)(F)F)c(F)c2)cc1. The molecule has 2 rings (SSSR count). The summed E-state index contributed by atoms with van der Waals surface area (Å²) in [4.78, 5) is 0. The molecule has 2 aromatic carbocycles. The van der Waals surface area contributed by atoms with Gasteiger partial charge in [-0.3, -0.25) is 0 Å². The highest BCUT2D eigenvalue weighted by Crippen LogP contribution is 2.25. The van der Waals surface area contributed by atoms with Crippen LogP contribution in [0.25, 0.3) is 0 Å². The van der Waals surface area contributed by atoms with Gasteiger partial charge in [0.25, 0.3) is 0 Å². The molecule has 0 aromatic heterocycles. The Hall–Kier alpha value is -2.70. The van der Waals surface area contributed by atoms with Crippen LogP contribution >= 0.6 is 0 Å². The first kappa shape index (κ1) is 22.6. The lowest BCUT2D eigenvalue weighted by Crippen LogP contribution is -2.18. The van der Waals surface area contributed by atoms with Gasteiger partial charge in [0.2, 0.25) is 0 Å². The average Bonchev–Trinajstić information content (AvgIpc) is 2.67. The molecule has 2 aromatic rings. The fourth-order valence-corrected chi connectivity index (χ4v) is 2.71. The Kier molecular flexibility index (Phi) is 8.83. The van der Waals surface area contributed by atoms with Crippen LogP contribution in [0, 0.1) is 5.82 Å². The van der Waals surface area contributed by atoms with Gasteiger partial charge < -0.3 is 4.74 Å². The third-order valence-corrected chi connectivity index (χ3v) is 4.21. The highest BCUT2D eigenvalue weighted by Gasteiger charge is 2.32. The minimum Gasteiger partial charge on any atom is -0.403 e. The van der Waals surface area contributed by atoms with Crippen LogP contribution in [0.2, 0.25) is 0 Å². The minimum atomic E-state index is -4.94. The summed E-state index contributed by atoms with van der Waals surface area (Å²) in [6.45, 7) is 2.20. The van der Waals surface area contributed by atoms with Gasteiger partial charge in [-0.1, -0.05) is 56.9 Å². The Bertz CT molecular complexity index is 815. The van der Waals surface area contributed by atoms with E-state index in [1.165, 1.54) is 49.9 Å². The largest absolute Gasteiger partial charge is 0.573 e. The van der Waals surface area contributed by atoms with Gasteiger partial charge in [0.15, 0.2) is 11.6 Å². The highest BCUT2D eigenvalue weighted by molar-refractivity contribution is 5.82. The van der Waals surface area contributed by atoms with E-state index in [0.717, 1.165) is 24.1 Å². The van der Waals surface area contributed by atoms with Crippen molar-refractivity contribution in [1.82, 2.24) is 0 Å². The Balaban J connectivity index is 1.84. The van der Waals surface area contributed by atoms with E-state index < -0.39 is 17.9 Å². The summed E-state index contributed by atoms with van der Waals surface area (Å²) in [6.07, 6.45) is 5.15. The Labute approximate surface area is 168 Å². The van der Waals surface area contributed by atoms with Crippen LogP contribution in [-0.4, -0.2) is 18.8 Å². The van der Waals surface area contributed by atoms with Crippen molar-refractivity contribution >= 4 is 12.4 Å². The third kappa shape index (κ3) is 8.89. The molecule has 0 bridgehead atoms. The van der Waals surface area contributed by atoms with Crippen LogP contribution in [-0.2, 0) is 6.42 Å². The molecule has 156 valence electrons. The summed E-state index contributed by atoms with van der Waals surface area (Å²) in [7, 11) is 0. The van der Waals surface area contributed by atoms with Crippen LogP contribution in [0.4, 0.5) is 17.6 Å². The molecule has 0 saturated carbocycles. The molecule has 0 atom stereocenters. The van der Waals surface area contributed by atoms with Crippen LogP contribution in [0.1, 0.15) is 55.7 Å². The van der Waals surface area contributed by atoms with Gasteiger partial charge in [-0.15, -0.1) is 13.2 Å². The van der Waals surface area contributed by atoms with Crippen LogP contribution in [0.15, 0.2) is 52.7 Å². The lowest BCUT2D eigenvalue weighted by molar-refractivity contribution is -0.275. The summed E-state index contributed by atoms with van der Waals surface area (Å²) in [6, 6.07) is 11.1. The molecule has 0 unspecified atom stereocenters. The second kappa shape index (κ2) is 11.3. The minimum absolute atomic E-state index is 0.271.